The standard InChI is InChI=1S/C22H20ClN3O5S/c1-11-4-5-12(2)16(6-11)24-18(27)10-31-19-15(23)8-13(9-17(19)30-3)7-14-20(28)25-22(32)26-21(14)29/h4-9H,10H2,1-3H3,(H,24,27)(H2,25,26,28,29,32). The third kappa shape index (κ3) is 5.43. The summed E-state index contributed by atoms with van der Waals surface area (Å²) >= 11 is 11.1. The van der Waals surface area contributed by atoms with Crippen LogP contribution in [0.5, 0.6) is 11.5 Å². The number of amides is 3. The van der Waals surface area contributed by atoms with Gasteiger partial charge in [-0.15, -0.1) is 0 Å². The lowest BCUT2D eigenvalue weighted by atomic mass is 10.1. The normalized spacial score (nSPS) is 13.2. The minimum atomic E-state index is -0.628. The van der Waals surface area contributed by atoms with Gasteiger partial charge in [-0.1, -0.05) is 23.7 Å². The molecule has 0 aliphatic carbocycles. The second-order valence-electron chi connectivity index (χ2n) is 6.98. The lowest BCUT2D eigenvalue weighted by molar-refractivity contribution is -0.123. The molecular weight excluding hydrogens is 454 g/mol. The largest absolute Gasteiger partial charge is 0.493 e. The lowest BCUT2D eigenvalue weighted by Gasteiger charge is -2.17. The Morgan fingerprint density at radius 2 is 1.84 bits per heavy atom. The van der Waals surface area contributed by atoms with Gasteiger partial charge in [-0.25, -0.2) is 0 Å². The molecule has 1 heterocycles. The van der Waals surface area contributed by atoms with Gasteiger partial charge in [0.25, 0.3) is 17.7 Å². The van der Waals surface area contributed by atoms with E-state index < -0.39 is 11.8 Å². The molecule has 0 aromatic heterocycles. The van der Waals surface area contributed by atoms with E-state index in [1.807, 2.05) is 32.0 Å². The van der Waals surface area contributed by atoms with E-state index in [4.69, 9.17) is 33.3 Å². The smallest absolute Gasteiger partial charge is 0.263 e. The van der Waals surface area contributed by atoms with Crippen molar-refractivity contribution in [1.82, 2.24) is 10.6 Å². The van der Waals surface area contributed by atoms with E-state index in [1.165, 1.54) is 25.3 Å². The van der Waals surface area contributed by atoms with E-state index in [2.05, 4.69) is 16.0 Å². The Kier molecular flexibility index (Phi) is 7.12. The topological polar surface area (TPSA) is 106 Å². The number of carbonyl (C=O) groups is 3. The summed E-state index contributed by atoms with van der Waals surface area (Å²) in [6, 6.07) is 8.76. The Morgan fingerprint density at radius 3 is 2.50 bits per heavy atom. The molecule has 0 atom stereocenters. The number of methoxy groups -OCH3 is 1. The fraction of sp³-hybridized carbons (Fsp3) is 0.182. The van der Waals surface area contributed by atoms with Gasteiger partial charge in [0, 0.05) is 5.69 Å². The van der Waals surface area contributed by atoms with Gasteiger partial charge in [0.1, 0.15) is 5.57 Å². The van der Waals surface area contributed by atoms with Crippen LogP contribution in [0, 0.1) is 13.8 Å². The zero-order chi connectivity index (χ0) is 23.4. The van der Waals surface area contributed by atoms with Crippen molar-refractivity contribution in [2.24, 2.45) is 0 Å². The van der Waals surface area contributed by atoms with Crippen LogP contribution in [0.1, 0.15) is 16.7 Å². The highest BCUT2D eigenvalue weighted by molar-refractivity contribution is 7.80. The molecule has 1 aliphatic heterocycles. The maximum atomic E-state index is 12.4. The van der Waals surface area contributed by atoms with Crippen molar-refractivity contribution in [1.29, 1.82) is 0 Å². The van der Waals surface area contributed by atoms with Crippen LogP contribution in [0.15, 0.2) is 35.9 Å². The van der Waals surface area contributed by atoms with Crippen molar-refractivity contribution in [3.05, 3.63) is 57.6 Å². The number of halogens is 1. The highest BCUT2D eigenvalue weighted by atomic mass is 35.5. The number of anilines is 1. The molecule has 2 aromatic carbocycles. The molecule has 10 heteroatoms. The van der Waals surface area contributed by atoms with Crippen LogP contribution < -0.4 is 25.4 Å². The highest BCUT2D eigenvalue weighted by Crippen LogP contribution is 2.37. The Bertz CT molecular complexity index is 1140. The Balaban J connectivity index is 1.77. The first-order valence-corrected chi connectivity index (χ1v) is 10.2. The average molecular weight is 474 g/mol. The quantitative estimate of drug-likeness (QED) is 0.338. The average Bonchev–Trinajstić information content (AvgIpc) is 2.72. The molecule has 1 saturated heterocycles. The molecular formula is C22H20ClN3O5S. The molecule has 166 valence electrons. The predicted octanol–water partition coefficient (Wildman–Crippen LogP) is 2.90. The molecule has 3 amide bonds. The fourth-order valence-corrected chi connectivity index (χ4v) is 3.39. The molecule has 32 heavy (non-hydrogen) atoms. The second-order valence-corrected chi connectivity index (χ2v) is 7.80. The number of nitrogens with one attached hydrogen (secondary N) is 3. The van der Waals surface area contributed by atoms with E-state index in [-0.39, 0.29) is 39.7 Å². The molecule has 1 fully saturated rings. The van der Waals surface area contributed by atoms with Crippen LogP contribution in [-0.4, -0.2) is 36.6 Å². The van der Waals surface area contributed by atoms with Crippen molar-refractivity contribution in [2.75, 3.05) is 19.0 Å². The van der Waals surface area contributed by atoms with E-state index >= 15 is 0 Å². The fourth-order valence-electron chi connectivity index (χ4n) is 2.93. The number of hydrogen-bond acceptors (Lipinski definition) is 6. The van der Waals surface area contributed by atoms with Crippen molar-refractivity contribution in [3.8, 4) is 11.5 Å². The number of benzene rings is 2. The summed E-state index contributed by atoms with van der Waals surface area (Å²) in [4.78, 5) is 36.4. The molecule has 0 unspecified atom stereocenters. The van der Waals surface area contributed by atoms with Gasteiger partial charge in [0.05, 0.1) is 12.1 Å². The Morgan fingerprint density at radius 1 is 1.16 bits per heavy atom. The van der Waals surface area contributed by atoms with E-state index in [0.717, 1.165) is 11.1 Å². The molecule has 2 aromatic rings. The number of aryl methyl sites for hydroxylation is 2. The van der Waals surface area contributed by atoms with Crippen LogP contribution >= 0.6 is 23.8 Å². The van der Waals surface area contributed by atoms with Gasteiger partial charge in [0.15, 0.2) is 23.2 Å². The summed E-state index contributed by atoms with van der Waals surface area (Å²) in [7, 11) is 1.41. The zero-order valence-corrected chi connectivity index (χ0v) is 19.1. The second kappa shape index (κ2) is 9.80. The maximum Gasteiger partial charge on any atom is 0.263 e. The molecule has 0 bridgehead atoms. The summed E-state index contributed by atoms with van der Waals surface area (Å²) in [6.07, 6.45) is 1.35. The van der Waals surface area contributed by atoms with Gasteiger partial charge in [-0.3, -0.25) is 25.0 Å². The van der Waals surface area contributed by atoms with Crippen LogP contribution in [0.4, 0.5) is 5.69 Å². The van der Waals surface area contributed by atoms with Crippen LogP contribution in [0.3, 0.4) is 0 Å². The van der Waals surface area contributed by atoms with Crippen LogP contribution in [0.25, 0.3) is 6.08 Å². The lowest BCUT2D eigenvalue weighted by Crippen LogP contribution is -2.51. The van der Waals surface area contributed by atoms with Crippen molar-refractivity contribution < 1.29 is 23.9 Å². The summed E-state index contributed by atoms with van der Waals surface area (Å²) in [5, 5.41) is 7.59. The number of thiocarbonyl (C=S) groups is 1. The summed E-state index contributed by atoms with van der Waals surface area (Å²) < 4.78 is 10.9. The van der Waals surface area contributed by atoms with Gasteiger partial charge in [-0.05, 0) is 67.0 Å². The minimum absolute atomic E-state index is 0.0596. The highest BCUT2D eigenvalue weighted by Gasteiger charge is 2.26. The number of carbonyl (C=O) groups excluding carboxylic acids is 3. The molecule has 3 N–H and O–H groups in total. The number of rotatable bonds is 6. The number of ether oxygens (including phenoxy) is 2. The van der Waals surface area contributed by atoms with Gasteiger partial charge in [-0.2, -0.15) is 0 Å². The van der Waals surface area contributed by atoms with Gasteiger partial charge in [0.2, 0.25) is 0 Å². The van der Waals surface area contributed by atoms with Crippen molar-refractivity contribution >= 4 is 58.4 Å². The molecule has 0 spiro atoms. The monoisotopic (exact) mass is 473 g/mol. The zero-order valence-electron chi connectivity index (χ0n) is 17.5. The van der Waals surface area contributed by atoms with E-state index in [9.17, 15) is 14.4 Å². The van der Waals surface area contributed by atoms with E-state index in [1.54, 1.807) is 0 Å². The van der Waals surface area contributed by atoms with Crippen LogP contribution in [0.2, 0.25) is 5.02 Å². The van der Waals surface area contributed by atoms with Crippen molar-refractivity contribution in [2.45, 2.75) is 13.8 Å². The molecule has 0 saturated carbocycles. The molecule has 1 aliphatic rings. The third-order valence-electron chi connectivity index (χ3n) is 4.52. The minimum Gasteiger partial charge on any atom is -0.493 e. The van der Waals surface area contributed by atoms with Crippen LogP contribution in [-0.2, 0) is 14.4 Å². The first-order chi connectivity index (χ1) is 15.2. The summed E-state index contributed by atoms with van der Waals surface area (Å²) in [6.45, 7) is 3.53. The van der Waals surface area contributed by atoms with E-state index in [0.29, 0.717) is 11.3 Å². The van der Waals surface area contributed by atoms with Gasteiger partial charge >= 0.3 is 0 Å². The van der Waals surface area contributed by atoms with Crippen molar-refractivity contribution in [3.63, 3.8) is 0 Å². The molecule has 8 nitrogen and oxygen atoms in total. The Hall–Kier alpha value is -3.43. The SMILES string of the molecule is COc1cc(C=C2C(=O)NC(=S)NC2=O)cc(Cl)c1OCC(=O)Nc1cc(C)ccc1C. The third-order valence-corrected chi connectivity index (χ3v) is 5.01. The first kappa shape index (κ1) is 23.2. The maximum absolute atomic E-state index is 12.4. The summed E-state index contributed by atoms with van der Waals surface area (Å²) in [5.74, 6) is -1.23. The summed E-state index contributed by atoms with van der Waals surface area (Å²) in [5.41, 5.74) is 2.92. The molecule has 3 rings (SSSR count). The predicted molar refractivity (Wildman–Crippen MR) is 125 cm³/mol. The number of hydrogen-bond donors (Lipinski definition) is 3. The molecule has 0 radical (unpaired) electrons. The first-order valence-electron chi connectivity index (χ1n) is 9.43. The Labute approximate surface area is 194 Å². The van der Waals surface area contributed by atoms with Gasteiger partial charge < -0.3 is 14.8 Å².